The van der Waals surface area contributed by atoms with Gasteiger partial charge in [-0.2, -0.15) is 5.12 Å². The van der Waals surface area contributed by atoms with Crippen LogP contribution in [-0.4, -0.2) is 23.0 Å². The molecule has 2 aromatic heterocycles. The van der Waals surface area contributed by atoms with Gasteiger partial charge in [-0.3, -0.25) is 9.78 Å². The molecular formula is C12H11FN4O2. The van der Waals surface area contributed by atoms with E-state index in [1.165, 1.54) is 43.9 Å². The lowest BCUT2D eigenvalue weighted by atomic mass is 10.2. The number of anilines is 2. The Labute approximate surface area is 108 Å². The van der Waals surface area contributed by atoms with E-state index in [-0.39, 0.29) is 22.8 Å². The summed E-state index contributed by atoms with van der Waals surface area (Å²) in [4.78, 5) is 18.7. The highest BCUT2D eigenvalue weighted by Crippen LogP contribution is 2.27. The number of aromatic nitrogens is 2. The van der Waals surface area contributed by atoms with Crippen molar-refractivity contribution < 1.29 is 14.0 Å². The number of nitrogens with two attached hydrogens (primary N) is 1. The number of hydrogen-bond donors (Lipinski definition) is 1. The van der Waals surface area contributed by atoms with Crippen molar-refractivity contribution in [3.8, 4) is 5.88 Å². The van der Waals surface area contributed by atoms with Gasteiger partial charge in [0.2, 0.25) is 11.8 Å². The van der Waals surface area contributed by atoms with Crippen molar-refractivity contribution in [1.82, 2.24) is 9.97 Å². The molecule has 0 fully saturated rings. The number of carbonyl (C=O) groups is 1. The fraction of sp³-hybridized carbons (Fsp3) is 0.0833. The van der Waals surface area contributed by atoms with Gasteiger partial charge < -0.3 is 10.5 Å². The molecular weight excluding hydrogens is 251 g/mol. The first-order valence-corrected chi connectivity index (χ1v) is 5.32. The van der Waals surface area contributed by atoms with E-state index in [1.54, 1.807) is 0 Å². The summed E-state index contributed by atoms with van der Waals surface area (Å²) >= 11 is 0. The van der Waals surface area contributed by atoms with Gasteiger partial charge >= 0.3 is 0 Å². The number of ether oxygens (including phenoxy) is 1. The van der Waals surface area contributed by atoms with Crippen LogP contribution in [-0.2, 0) is 0 Å². The number of carbonyl (C=O) groups excluding carboxylic acids is 1. The molecule has 0 bridgehead atoms. The van der Waals surface area contributed by atoms with Crippen LogP contribution in [0.4, 0.5) is 15.9 Å². The third-order valence-electron chi connectivity index (χ3n) is 2.39. The van der Waals surface area contributed by atoms with E-state index in [4.69, 9.17) is 10.5 Å². The number of methoxy groups -OCH3 is 1. The van der Waals surface area contributed by atoms with Crippen LogP contribution in [0.2, 0.25) is 0 Å². The highest BCUT2D eigenvalue weighted by molar-refractivity contribution is 5.93. The van der Waals surface area contributed by atoms with Crippen LogP contribution in [0.5, 0.6) is 5.88 Å². The predicted molar refractivity (Wildman–Crippen MR) is 66.8 cm³/mol. The molecule has 2 aromatic rings. The molecule has 0 radical (unpaired) electrons. The van der Waals surface area contributed by atoms with Crippen LogP contribution in [0, 0.1) is 0 Å². The maximum Gasteiger partial charge on any atom is 0.250 e. The van der Waals surface area contributed by atoms with Gasteiger partial charge in [0.25, 0.3) is 0 Å². The first-order valence-electron chi connectivity index (χ1n) is 5.32. The molecule has 0 unspecified atom stereocenters. The number of amides is 1. The first kappa shape index (κ1) is 12.7. The Morgan fingerprint density at radius 1 is 1.37 bits per heavy atom. The zero-order valence-electron chi connectivity index (χ0n) is 10.1. The van der Waals surface area contributed by atoms with Crippen molar-refractivity contribution in [2.75, 3.05) is 12.2 Å². The van der Waals surface area contributed by atoms with Crippen LogP contribution in [0.15, 0.2) is 36.8 Å². The highest BCUT2D eigenvalue weighted by atomic mass is 19.2. The molecule has 98 valence electrons. The third kappa shape index (κ3) is 2.76. The van der Waals surface area contributed by atoms with E-state index in [2.05, 4.69) is 9.97 Å². The second kappa shape index (κ2) is 5.30. The molecule has 2 N–H and O–H groups in total. The zero-order chi connectivity index (χ0) is 13.8. The normalized spacial score (nSPS) is 10.0. The summed E-state index contributed by atoms with van der Waals surface area (Å²) in [5.41, 5.74) is 5.53. The maximum atomic E-state index is 14.2. The van der Waals surface area contributed by atoms with Gasteiger partial charge in [0.05, 0.1) is 30.2 Å². The molecule has 0 spiro atoms. The Morgan fingerprint density at radius 2 is 2.16 bits per heavy atom. The molecule has 1 amide bonds. The van der Waals surface area contributed by atoms with E-state index in [0.717, 1.165) is 0 Å². The fourth-order valence-corrected chi connectivity index (χ4v) is 1.45. The van der Waals surface area contributed by atoms with Gasteiger partial charge in [0.15, 0.2) is 0 Å². The Bertz CT molecular complexity index is 606. The van der Waals surface area contributed by atoms with Gasteiger partial charge in [0, 0.05) is 18.5 Å². The number of halogens is 1. The minimum atomic E-state index is -0.671. The number of primary amides is 1. The third-order valence-corrected chi connectivity index (χ3v) is 2.39. The number of rotatable bonds is 4. The largest absolute Gasteiger partial charge is 0.481 e. The summed E-state index contributed by atoms with van der Waals surface area (Å²) in [6, 6.07) is 4.18. The topological polar surface area (TPSA) is 81.3 Å². The first-order chi connectivity index (χ1) is 9.11. The Morgan fingerprint density at radius 3 is 2.84 bits per heavy atom. The summed E-state index contributed by atoms with van der Waals surface area (Å²) in [6.07, 6.45) is 3.96. The SMILES string of the molecule is COc1cc(N(F)c2cncc(C(N)=O)c2)ccn1. The average molecular weight is 262 g/mol. The van der Waals surface area contributed by atoms with Crippen molar-refractivity contribution in [3.63, 3.8) is 0 Å². The Balaban J connectivity index is 2.35. The van der Waals surface area contributed by atoms with Gasteiger partial charge in [-0.05, 0) is 12.1 Å². The lowest BCUT2D eigenvalue weighted by molar-refractivity contribution is 0.1000. The van der Waals surface area contributed by atoms with Gasteiger partial charge in [-0.25, -0.2) is 4.98 Å². The van der Waals surface area contributed by atoms with Crippen LogP contribution < -0.4 is 15.6 Å². The summed E-state index contributed by atoms with van der Waals surface area (Å²) < 4.78 is 19.1. The molecule has 0 aliphatic heterocycles. The second-order valence-corrected chi connectivity index (χ2v) is 3.63. The minimum Gasteiger partial charge on any atom is -0.481 e. The van der Waals surface area contributed by atoms with Crippen molar-refractivity contribution >= 4 is 17.3 Å². The molecule has 2 heterocycles. The molecule has 0 saturated heterocycles. The van der Waals surface area contributed by atoms with Crippen LogP contribution in [0.3, 0.4) is 0 Å². The second-order valence-electron chi connectivity index (χ2n) is 3.63. The van der Waals surface area contributed by atoms with Crippen LogP contribution >= 0.6 is 0 Å². The maximum absolute atomic E-state index is 14.2. The summed E-state index contributed by atoms with van der Waals surface area (Å²) in [7, 11) is 1.43. The molecule has 7 heteroatoms. The van der Waals surface area contributed by atoms with Gasteiger partial charge in [0.1, 0.15) is 0 Å². The van der Waals surface area contributed by atoms with Crippen molar-refractivity contribution in [2.45, 2.75) is 0 Å². The standard InChI is InChI=1S/C12H11FN4O2/c1-19-11-5-9(2-3-16-11)17(13)10-4-8(12(14)18)6-15-7-10/h2-7H,1H3,(H2,14,18). The Hall–Kier alpha value is -2.70. The number of nitrogens with zero attached hydrogens (tertiary/aromatic N) is 3. The molecule has 6 nitrogen and oxygen atoms in total. The van der Waals surface area contributed by atoms with E-state index in [0.29, 0.717) is 5.12 Å². The lowest BCUT2D eigenvalue weighted by Gasteiger charge is -2.14. The quantitative estimate of drug-likeness (QED) is 0.846. The summed E-state index contributed by atoms with van der Waals surface area (Å²) in [5.74, 6) is -0.394. The number of pyridine rings is 2. The molecule has 0 aliphatic rings. The van der Waals surface area contributed by atoms with Crippen molar-refractivity contribution in [2.24, 2.45) is 5.73 Å². The van der Waals surface area contributed by atoms with E-state index in [1.807, 2.05) is 0 Å². The molecule has 0 saturated carbocycles. The smallest absolute Gasteiger partial charge is 0.250 e. The van der Waals surface area contributed by atoms with E-state index < -0.39 is 5.91 Å². The van der Waals surface area contributed by atoms with E-state index >= 15 is 0 Å². The fourth-order valence-electron chi connectivity index (χ4n) is 1.45. The van der Waals surface area contributed by atoms with Crippen LogP contribution in [0.1, 0.15) is 10.4 Å². The van der Waals surface area contributed by atoms with Gasteiger partial charge in [-0.1, -0.05) is 4.48 Å². The average Bonchev–Trinajstić information content (AvgIpc) is 2.46. The Kier molecular flexibility index (Phi) is 3.56. The number of hydrogen-bond acceptors (Lipinski definition) is 5. The lowest BCUT2D eigenvalue weighted by Crippen LogP contribution is -2.13. The molecule has 0 aromatic carbocycles. The summed E-state index contributed by atoms with van der Waals surface area (Å²) in [5, 5.41) is 0.365. The predicted octanol–water partition coefficient (Wildman–Crippen LogP) is 1.61. The minimum absolute atomic E-state index is 0.0875. The molecule has 0 atom stereocenters. The molecule has 0 aliphatic carbocycles. The van der Waals surface area contributed by atoms with Crippen molar-refractivity contribution in [3.05, 3.63) is 42.4 Å². The van der Waals surface area contributed by atoms with E-state index in [9.17, 15) is 9.28 Å². The zero-order valence-corrected chi connectivity index (χ0v) is 10.1. The van der Waals surface area contributed by atoms with Crippen molar-refractivity contribution in [1.29, 1.82) is 0 Å². The van der Waals surface area contributed by atoms with Gasteiger partial charge in [-0.15, -0.1) is 0 Å². The monoisotopic (exact) mass is 262 g/mol. The summed E-state index contributed by atoms with van der Waals surface area (Å²) in [6.45, 7) is 0. The molecule has 2 rings (SSSR count). The van der Waals surface area contributed by atoms with Crippen LogP contribution in [0.25, 0.3) is 0 Å². The highest BCUT2D eigenvalue weighted by Gasteiger charge is 2.12. The molecule has 19 heavy (non-hydrogen) atoms.